The maximum absolute atomic E-state index is 5.45. The Morgan fingerprint density at radius 3 is 2.54 bits per heavy atom. The highest BCUT2D eigenvalue weighted by Gasteiger charge is 2.21. The first-order valence-electron chi connectivity index (χ1n) is 10.8. The number of fused-ring (bicyclic) bond motifs is 1. The Hall–Kier alpha value is -1.63. The first-order chi connectivity index (χ1) is 13.7. The number of hydrogen-bond donors (Lipinski definition) is 2. The Bertz CT molecular complexity index is 629. The van der Waals surface area contributed by atoms with E-state index in [0.717, 1.165) is 71.4 Å². The van der Waals surface area contributed by atoms with Gasteiger partial charge in [-0.25, -0.2) is 0 Å². The third kappa shape index (κ3) is 5.93. The lowest BCUT2D eigenvalue weighted by molar-refractivity contribution is 0.0220. The number of nitrogens with one attached hydrogen (secondary N) is 2. The zero-order valence-corrected chi connectivity index (χ0v) is 17.8. The molecular formula is C22H37N5O. The van der Waals surface area contributed by atoms with Crippen molar-refractivity contribution in [3.8, 4) is 0 Å². The smallest absolute Gasteiger partial charge is 0.191 e. The normalized spacial score (nSPS) is 21.0. The van der Waals surface area contributed by atoms with Crippen LogP contribution < -0.4 is 10.6 Å². The second-order valence-corrected chi connectivity index (χ2v) is 7.94. The first kappa shape index (κ1) is 21.1. The van der Waals surface area contributed by atoms with Crippen LogP contribution in [0.1, 0.15) is 31.9 Å². The quantitative estimate of drug-likeness (QED) is 0.551. The molecule has 2 atom stereocenters. The molecule has 2 heterocycles. The molecule has 0 saturated carbocycles. The number of guanidine groups is 1. The molecule has 1 aromatic carbocycles. The fourth-order valence-electron chi connectivity index (χ4n) is 3.97. The van der Waals surface area contributed by atoms with E-state index in [9.17, 15) is 0 Å². The lowest BCUT2D eigenvalue weighted by Crippen LogP contribution is -2.48. The lowest BCUT2D eigenvalue weighted by Gasteiger charge is -2.34. The van der Waals surface area contributed by atoms with Crippen molar-refractivity contribution >= 4 is 5.96 Å². The van der Waals surface area contributed by atoms with Gasteiger partial charge in [0.25, 0.3) is 0 Å². The van der Waals surface area contributed by atoms with Gasteiger partial charge in [-0.05, 0) is 38.3 Å². The van der Waals surface area contributed by atoms with Gasteiger partial charge in [-0.1, -0.05) is 24.3 Å². The van der Waals surface area contributed by atoms with Crippen LogP contribution in [0.15, 0.2) is 29.3 Å². The zero-order chi connectivity index (χ0) is 19.8. The van der Waals surface area contributed by atoms with Crippen molar-refractivity contribution in [2.24, 2.45) is 4.99 Å². The summed E-state index contributed by atoms with van der Waals surface area (Å²) in [6.45, 7) is 15.1. The van der Waals surface area contributed by atoms with Crippen LogP contribution in [-0.4, -0.2) is 80.3 Å². The van der Waals surface area contributed by atoms with Gasteiger partial charge in [0.2, 0.25) is 0 Å². The topological polar surface area (TPSA) is 52.1 Å². The third-order valence-electron chi connectivity index (χ3n) is 5.88. The Morgan fingerprint density at radius 1 is 1.04 bits per heavy atom. The number of ether oxygens (including phenoxy) is 1. The molecule has 0 aromatic heterocycles. The summed E-state index contributed by atoms with van der Waals surface area (Å²) < 4.78 is 5.45. The van der Waals surface area contributed by atoms with E-state index in [1.165, 1.54) is 11.1 Å². The highest BCUT2D eigenvalue weighted by atomic mass is 16.5. The van der Waals surface area contributed by atoms with Crippen LogP contribution in [-0.2, 0) is 17.7 Å². The Balaban J connectivity index is 1.48. The average Bonchev–Trinajstić information content (AvgIpc) is 2.75. The summed E-state index contributed by atoms with van der Waals surface area (Å²) in [6, 6.07) is 9.73. The van der Waals surface area contributed by atoms with Crippen molar-refractivity contribution in [2.75, 3.05) is 52.5 Å². The maximum Gasteiger partial charge on any atom is 0.191 e. The number of aliphatic imine (C=N–C) groups is 1. The summed E-state index contributed by atoms with van der Waals surface area (Å²) in [6.07, 6.45) is 1.14. The van der Waals surface area contributed by atoms with Crippen molar-refractivity contribution in [3.63, 3.8) is 0 Å². The Morgan fingerprint density at radius 2 is 1.79 bits per heavy atom. The van der Waals surface area contributed by atoms with Gasteiger partial charge in [0, 0.05) is 51.4 Å². The van der Waals surface area contributed by atoms with Gasteiger partial charge in [-0.3, -0.25) is 14.8 Å². The van der Waals surface area contributed by atoms with E-state index in [1.54, 1.807) is 0 Å². The molecule has 6 nitrogen and oxygen atoms in total. The zero-order valence-electron chi connectivity index (χ0n) is 17.8. The molecule has 156 valence electrons. The molecule has 0 bridgehead atoms. The van der Waals surface area contributed by atoms with Gasteiger partial charge in [0.05, 0.1) is 19.8 Å². The van der Waals surface area contributed by atoms with Gasteiger partial charge in [0.1, 0.15) is 0 Å². The molecule has 6 heteroatoms. The maximum atomic E-state index is 5.45. The summed E-state index contributed by atoms with van der Waals surface area (Å²) in [5, 5.41) is 6.95. The third-order valence-corrected chi connectivity index (χ3v) is 5.88. The SMILES string of the molecule is CCNC(=NCC(C)N1CCOCC1)NCC(C)N1CCc2ccccc2C1. The fourth-order valence-corrected chi connectivity index (χ4v) is 3.97. The van der Waals surface area contributed by atoms with Crippen LogP contribution in [0, 0.1) is 0 Å². The number of nitrogens with zero attached hydrogens (tertiary/aromatic N) is 3. The summed E-state index contributed by atoms with van der Waals surface area (Å²) >= 11 is 0. The number of morpholine rings is 1. The number of benzene rings is 1. The van der Waals surface area contributed by atoms with Crippen LogP contribution in [0.3, 0.4) is 0 Å². The highest BCUT2D eigenvalue weighted by molar-refractivity contribution is 5.79. The molecule has 0 amide bonds. The minimum absolute atomic E-state index is 0.440. The molecule has 3 rings (SSSR count). The Kier molecular flexibility index (Phi) is 8.13. The van der Waals surface area contributed by atoms with E-state index in [-0.39, 0.29) is 0 Å². The van der Waals surface area contributed by atoms with Crippen molar-refractivity contribution in [2.45, 2.75) is 45.8 Å². The molecule has 1 saturated heterocycles. The minimum atomic E-state index is 0.440. The van der Waals surface area contributed by atoms with E-state index < -0.39 is 0 Å². The molecule has 0 spiro atoms. The molecule has 2 N–H and O–H groups in total. The number of hydrogen-bond acceptors (Lipinski definition) is 4. The molecule has 2 aliphatic rings. The molecule has 1 fully saturated rings. The van der Waals surface area contributed by atoms with E-state index in [4.69, 9.17) is 9.73 Å². The first-order valence-corrected chi connectivity index (χ1v) is 10.8. The molecular weight excluding hydrogens is 350 g/mol. The molecule has 1 aromatic rings. The van der Waals surface area contributed by atoms with Crippen LogP contribution in [0.2, 0.25) is 0 Å². The van der Waals surface area contributed by atoms with Crippen molar-refractivity contribution in [1.29, 1.82) is 0 Å². The fraction of sp³-hybridized carbons (Fsp3) is 0.682. The second-order valence-electron chi connectivity index (χ2n) is 7.94. The van der Waals surface area contributed by atoms with Gasteiger partial charge in [-0.15, -0.1) is 0 Å². The predicted molar refractivity (Wildman–Crippen MR) is 116 cm³/mol. The van der Waals surface area contributed by atoms with Gasteiger partial charge >= 0.3 is 0 Å². The monoisotopic (exact) mass is 387 g/mol. The van der Waals surface area contributed by atoms with Gasteiger partial charge in [-0.2, -0.15) is 0 Å². The van der Waals surface area contributed by atoms with Crippen molar-refractivity contribution in [3.05, 3.63) is 35.4 Å². The molecule has 0 radical (unpaired) electrons. The minimum Gasteiger partial charge on any atom is -0.379 e. The van der Waals surface area contributed by atoms with Crippen molar-refractivity contribution in [1.82, 2.24) is 20.4 Å². The lowest BCUT2D eigenvalue weighted by atomic mass is 9.99. The highest BCUT2D eigenvalue weighted by Crippen LogP contribution is 2.19. The second kappa shape index (κ2) is 10.8. The Labute approximate surface area is 170 Å². The molecule has 2 aliphatic heterocycles. The van der Waals surface area contributed by atoms with Crippen LogP contribution >= 0.6 is 0 Å². The summed E-state index contributed by atoms with van der Waals surface area (Å²) in [5.41, 5.74) is 2.98. The van der Waals surface area contributed by atoms with Crippen LogP contribution in [0.4, 0.5) is 0 Å². The summed E-state index contributed by atoms with van der Waals surface area (Å²) in [7, 11) is 0. The van der Waals surface area contributed by atoms with Gasteiger partial charge in [0.15, 0.2) is 5.96 Å². The van der Waals surface area contributed by atoms with E-state index in [2.05, 4.69) is 65.5 Å². The average molecular weight is 388 g/mol. The predicted octanol–water partition coefficient (Wildman–Crippen LogP) is 1.71. The standard InChI is InChI=1S/C22H37N5O/c1-4-23-22(24-15-18(2)26-11-13-28-14-12-26)25-16-19(3)27-10-9-20-7-5-6-8-21(20)17-27/h5-8,18-19H,4,9-17H2,1-3H3,(H2,23,24,25). The van der Waals surface area contributed by atoms with E-state index in [1.807, 2.05) is 0 Å². The molecule has 2 unspecified atom stereocenters. The summed E-state index contributed by atoms with van der Waals surface area (Å²) in [4.78, 5) is 9.86. The molecule has 0 aliphatic carbocycles. The van der Waals surface area contributed by atoms with E-state index >= 15 is 0 Å². The largest absolute Gasteiger partial charge is 0.379 e. The van der Waals surface area contributed by atoms with Crippen molar-refractivity contribution < 1.29 is 4.74 Å². The molecule has 28 heavy (non-hydrogen) atoms. The number of rotatable bonds is 7. The van der Waals surface area contributed by atoms with Gasteiger partial charge < -0.3 is 15.4 Å². The summed E-state index contributed by atoms with van der Waals surface area (Å²) in [5.74, 6) is 0.923. The van der Waals surface area contributed by atoms with Crippen LogP contribution in [0.5, 0.6) is 0 Å². The van der Waals surface area contributed by atoms with Crippen LogP contribution in [0.25, 0.3) is 0 Å². The van der Waals surface area contributed by atoms with E-state index in [0.29, 0.717) is 12.1 Å².